The molecule has 0 aromatic heterocycles. The van der Waals surface area contributed by atoms with Crippen LogP contribution in [-0.2, 0) is 17.6 Å². The van der Waals surface area contributed by atoms with Crippen molar-refractivity contribution in [2.75, 3.05) is 0 Å². The van der Waals surface area contributed by atoms with Gasteiger partial charge in [0.25, 0.3) is 0 Å². The summed E-state index contributed by atoms with van der Waals surface area (Å²) in [7, 11) is 0. The van der Waals surface area contributed by atoms with Gasteiger partial charge in [0.2, 0.25) is 0 Å². The minimum absolute atomic E-state index is 0.0728. The lowest BCUT2D eigenvalue weighted by Gasteiger charge is -2.41. The Balaban J connectivity index is 2.11. The lowest BCUT2D eigenvalue weighted by Crippen LogP contribution is -2.42. The second kappa shape index (κ2) is 12.4. The number of rotatable bonds is 14. The predicted octanol–water partition coefficient (Wildman–Crippen LogP) is 8.78. The molecule has 0 amide bonds. The Hall–Kier alpha value is -1.60. The fourth-order valence-corrected chi connectivity index (χ4v) is 4.48. The van der Waals surface area contributed by atoms with E-state index in [1.165, 1.54) is 47.9 Å². The fraction of sp³-hybridized carbons (Fsp3) is 0.600. The van der Waals surface area contributed by atoms with Gasteiger partial charge >= 0.3 is 0 Å². The van der Waals surface area contributed by atoms with Crippen molar-refractivity contribution in [3.8, 4) is 0 Å². The van der Waals surface area contributed by atoms with Crippen molar-refractivity contribution in [3.63, 3.8) is 0 Å². The van der Waals surface area contributed by atoms with E-state index in [-0.39, 0.29) is 11.2 Å². The van der Waals surface area contributed by atoms with Crippen LogP contribution in [0.25, 0.3) is 0 Å². The summed E-state index contributed by atoms with van der Waals surface area (Å²) in [5, 5.41) is 0. The molecule has 2 rings (SSSR count). The van der Waals surface area contributed by atoms with Crippen molar-refractivity contribution >= 4 is 0 Å². The lowest BCUT2D eigenvalue weighted by atomic mass is 9.86. The van der Waals surface area contributed by atoms with Crippen LogP contribution in [0.4, 0.5) is 0 Å². The van der Waals surface area contributed by atoms with Crippen molar-refractivity contribution in [2.24, 2.45) is 0 Å². The van der Waals surface area contributed by atoms with Crippen LogP contribution in [0.5, 0.6) is 0 Å². The maximum atomic E-state index is 7.12. The standard InChI is InChI=1S/C30H46O/c1-7-9-21-29(5,23-19-27-15-11-25(3)12-16-27)31-30(6,22-10-8-2)24-20-28-17-13-26(4)14-18-28/h11-18H,7-10,19-24H2,1-6H3. The molecule has 2 atom stereocenters. The van der Waals surface area contributed by atoms with E-state index in [1.54, 1.807) is 0 Å². The fourth-order valence-electron chi connectivity index (χ4n) is 4.48. The summed E-state index contributed by atoms with van der Waals surface area (Å²) in [5.41, 5.74) is 5.36. The summed E-state index contributed by atoms with van der Waals surface area (Å²) < 4.78 is 7.12. The Morgan fingerprint density at radius 1 is 0.581 bits per heavy atom. The van der Waals surface area contributed by atoms with E-state index < -0.39 is 0 Å². The maximum absolute atomic E-state index is 7.12. The summed E-state index contributed by atoms with van der Waals surface area (Å²) in [6.45, 7) is 13.6. The highest BCUT2D eigenvalue weighted by atomic mass is 16.5. The zero-order valence-electron chi connectivity index (χ0n) is 21.1. The highest BCUT2D eigenvalue weighted by Crippen LogP contribution is 2.35. The zero-order chi connectivity index (χ0) is 22.7. The van der Waals surface area contributed by atoms with Crippen LogP contribution in [-0.4, -0.2) is 11.2 Å². The van der Waals surface area contributed by atoms with Crippen LogP contribution in [0, 0.1) is 13.8 Å². The van der Waals surface area contributed by atoms with Crippen molar-refractivity contribution in [1.29, 1.82) is 0 Å². The average molecular weight is 423 g/mol. The van der Waals surface area contributed by atoms with Gasteiger partial charge in [0.15, 0.2) is 0 Å². The first-order chi connectivity index (χ1) is 14.8. The molecule has 0 heterocycles. The van der Waals surface area contributed by atoms with Gasteiger partial charge < -0.3 is 4.74 Å². The molecule has 0 bridgehead atoms. The Kier molecular flexibility index (Phi) is 10.3. The molecule has 0 fully saturated rings. The van der Waals surface area contributed by atoms with E-state index in [4.69, 9.17) is 4.74 Å². The van der Waals surface area contributed by atoms with E-state index in [0.29, 0.717) is 0 Å². The summed E-state index contributed by atoms with van der Waals surface area (Å²) in [5.74, 6) is 0. The number of benzene rings is 2. The van der Waals surface area contributed by atoms with E-state index in [9.17, 15) is 0 Å². The molecule has 1 nitrogen and oxygen atoms in total. The molecule has 0 spiro atoms. The minimum Gasteiger partial charge on any atom is -0.369 e. The van der Waals surface area contributed by atoms with Gasteiger partial charge in [-0.3, -0.25) is 0 Å². The number of unbranched alkanes of at least 4 members (excludes halogenated alkanes) is 2. The van der Waals surface area contributed by atoms with E-state index >= 15 is 0 Å². The van der Waals surface area contributed by atoms with Gasteiger partial charge in [0.05, 0.1) is 11.2 Å². The van der Waals surface area contributed by atoms with Gasteiger partial charge in [0.1, 0.15) is 0 Å². The summed E-state index contributed by atoms with van der Waals surface area (Å²) >= 11 is 0. The van der Waals surface area contributed by atoms with Gasteiger partial charge in [-0.1, -0.05) is 99.2 Å². The highest BCUT2D eigenvalue weighted by Gasteiger charge is 2.35. The summed E-state index contributed by atoms with van der Waals surface area (Å²) in [4.78, 5) is 0. The first-order valence-corrected chi connectivity index (χ1v) is 12.6. The van der Waals surface area contributed by atoms with E-state index in [2.05, 4.69) is 90.1 Å². The molecule has 31 heavy (non-hydrogen) atoms. The number of ether oxygens (including phenoxy) is 1. The van der Waals surface area contributed by atoms with Crippen LogP contribution in [0.1, 0.15) is 101 Å². The molecule has 0 saturated carbocycles. The normalized spacial score (nSPS) is 15.4. The van der Waals surface area contributed by atoms with Crippen molar-refractivity contribution in [1.82, 2.24) is 0 Å². The molecule has 0 aliphatic carbocycles. The predicted molar refractivity (Wildman–Crippen MR) is 136 cm³/mol. The van der Waals surface area contributed by atoms with Gasteiger partial charge in [0, 0.05) is 0 Å². The van der Waals surface area contributed by atoms with Crippen molar-refractivity contribution in [2.45, 2.75) is 117 Å². The lowest BCUT2D eigenvalue weighted by molar-refractivity contribution is -0.155. The Bertz CT molecular complexity index is 679. The Morgan fingerprint density at radius 2 is 0.935 bits per heavy atom. The third kappa shape index (κ3) is 9.19. The van der Waals surface area contributed by atoms with Crippen LogP contribution < -0.4 is 0 Å². The molecule has 1 heteroatoms. The van der Waals surface area contributed by atoms with Gasteiger partial charge in [-0.2, -0.15) is 0 Å². The molecule has 172 valence electrons. The number of aryl methyl sites for hydroxylation is 4. The molecular formula is C30H46O. The second-order valence-corrected chi connectivity index (χ2v) is 10.2. The molecule has 0 N–H and O–H groups in total. The van der Waals surface area contributed by atoms with Gasteiger partial charge in [-0.15, -0.1) is 0 Å². The topological polar surface area (TPSA) is 9.23 Å². The molecular weight excluding hydrogens is 376 g/mol. The van der Waals surface area contributed by atoms with Crippen molar-refractivity contribution < 1.29 is 4.74 Å². The van der Waals surface area contributed by atoms with Gasteiger partial charge in [-0.25, -0.2) is 0 Å². The van der Waals surface area contributed by atoms with Crippen molar-refractivity contribution in [3.05, 3.63) is 70.8 Å². The molecule has 0 radical (unpaired) electrons. The van der Waals surface area contributed by atoms with Crippen LogP contribution in [0.2, 0.25) is 0 Å². The first kappa shape index (κ1) is 25.7. The molecule has 2 aromatic rings. The molecule has 0 saturated heterocycles. The third-order valence-electron chi connectivity index (χ3n) is 6.74. The SMILES string of the molecule is CCCCC(C)(CCc1ccc(C)cc1)OC(C)(CCCC)CCc1ccc(C)cc1. The van der Waals surface area contributed by atoms with Crippen LogP contribution in [0.15, 0.2) is 48.5 Å². The maximum Gasteiger partial charge on any atom is 0.0665 e. The third-order valence-corrected chi connectivity index (χ3v) is 6.74. The smallest absolute Gasteiger partial charge is 0.0665 e. The van der Waals surface area contributed by atoms with Crippen LogP contribution >= 0.6 is 0 Å². The Morgan fingerprint density at radius 3 is 1.26 bits per heavy atom. The Labute approximate surface area is 192 Å². The molecule has 0 aliphatic heterocycles. The van der Waals surface area contributed by atoms with E-state index in [1.807, 2.05) is 0 Å². The molecule has 0 aliphatic rings. The average Bonchev–Trinajstić information content (AvgIpc) is 2.76. The van der Waals surface area contributed by atoms with Crippen LogP contribution in [0.3, 0.4) is 0 Å². The zero-order valence-corrected chi connectivity index (χ0v) is 21.1. The molecule has 2 unspecified atom stereocenters. The monoisotopic (exact) mass is 422 g/mol. The minimum atomic E-state index is -0.0728. The molecule has 2 aromatic carbocycles. The highest BCUT2D eigenvalue weighted by molar-refractivity contribution is 5.22. The van der Waals surface area contributed by atoms with E-state index in [0.717, 1.165) is 38.5 Å². The number of hydrogen-bond donors (Lipinski definition) is 0. The van der Waals surface area contributed by atoms with Gasteiger partial charge in [-0.05, 0) is 77.3 Å². The summed E-state index contributed by atoms with van der Waals surface area (Å²) in [6, 6.07) is 18.0. The second-order valence-electron chi connectivity index (χ2n) is 10.2. The number of hydrogen-bond acceptors (Lipinski definition) is 1. The summed E-state index contributed by atoms with van der Waals surface area (Å²) in [6.07, 6.45) is 11.5. The quantitative estimate of drug-likeness (QED) is 0.295. The first-order valence-electron chi connectivity index (χ1n) is 12.6. The largest absolute Gasteiger partial charge is 0.369 e.